The maximum atomic E-state index is 8.74. The predicted molar refractivity (Wildman–Crippen MR) is 56.1 cm³/mol. The first-order valence-electron chi connectivity index (χ1n) is 3.28. The first kappa shape index (κ1) is 19.1. The standard InChI is InChI=1S/2C2H7N3.H2O4S/c2*1-5-2(3)4;1-5(2,3)4/h2*1H3,(H4,3,4,5);(H2,1,2,3,4). The summed E-state index contributed by atoms with van der Waals surface area (Å²) in [6, 6.07) is 0. The van der Waals surface area contributed by atoms with Gasteiger partial charge in [-0.25, -0.2) is 0 Å². The summed E-state index contributed by atoms with van der Waals surface area (Å²) in [6.07, 6.45) is 0. The summed E-state index contributed by atoms with van der Waals surface area (Å²) < 4.78 is 31.6. The molecule has 0 atom stereocenters. The highest BCUT2D eigenvalue weighted by Gasteiger charge is 1.84. The van der Waals surface area contributed by atoms with E-state index in [4.69, 9.17) is 39.8 Å². The van der Waals surface area contributed by atoms with Crippen molar-refractivity contribution in [3.63, 3.8) is 0 Å². The van der Waals surface area contributed by atoms with Crippen molar-refractivity contribution < 1.29 is 17.5 Å². The molecule has 0 amide bonds. The van der Waals surface area contributed by atoms with E-state index in [-0.39, 0.29) is 11.9 Å². The summed E-state index contributed by atoms with van der Waals surface area (Å²) >= 11 is 0. The zero-order valence-electron chi connectivity index (χ0n) is 8.27. The Labute approximate surface area is 87.6 Å². The van der Waals surface area contributed by atoms with Gasteiger partial charge in [0.1, 0.15) is 0 Å². The minimum absolute atomic E-state index is 0.00463. The van der Waals surface area contributed by atoms with Gasteiger partial charge in [-0.15, -0.1) is 0 Å². The van der Waals surface area contributed by atoms with Gasteiger partial charge in [0.25, 0.3) is 0 Å². The van der Waals surface area contributed by atoms with Crippen LogP contribution in [0.1, 0.15) is 0 Å². The molecule has 0 unspecified atom stereocenters. The van der Waals surface area contributed by atoms with E-state index in [0.717, 1.165) is 0 Å². The van der Waals surface area contributed by atoms with E-state index in [1.54, 1.807) is 14.1 Å². The van der Waals surface area contributed by atoms with Crippen molar-refractivity contribution in [1.29, 1.82) is 10.8 Å². The van der Waals surface area contributed by atoms with Crippen molar-refractivity contribution in [2.24, 2.45) is 11.5 Å². The highest BCUT2D eigenvalue weighted by atomic mass is 32.3. The molecule has 0 rings (SSSR count). The van der Waals surface area contributed by atoms with Gasteiger partial charge in [-0.3, -0.25) is 19.9 Å². The molecule has 0 fully saturated rings. The maximum absolute atomic E-state index is 8.74. The Morgan fingerprint density at radius 1 is 1.07 bits per heavy atom. The van der Waals surface area contributed by atoms with Crippen molar-refractivity contribution in [3.8, 4) is 0 Å². The number of guanidine groups is 2. The Morgan fingerprint density at radius 2 is 1.13 bits per heavy atom. The Bertz CT molecular complexity index is 253. The second-order valence-electron chi connectivity index (χ2n) is 1.78. The molecule has 0 aliphatic rings. The largest absolute Gasteiger partial charge is 0.394 e. The molecule has 0 radical (unpaired) electrons. The Morgan fingerprint density at radius 3 is 1.13 bits per heavy atom. The minimum Gasteiger partial charge on any atom is -0.370 e. The average molecular weight is 244 g/mol. The van der Waals surface area contributed by atoms with Crippen LogP contribution in [0.25, 0.3) is 0 Å². The molecule has 0 aromatic carbocycles. The monoisotopic (exact) mass is 244 g/mol. The van der Waals surface area contributed by atoms with Gasteiger partial charge in [-0.1, -0.05) is 0 Å². The van der Waals surface area contributed by atoms with Gasteiger partial charge in [-0.05, 0) is 0 Å². The fourth-order valence-corrected chi connectivity index (χ4v) is 0. The van der Waals surface area contributed by atoms with E-state index in [0.29, 0.717) is 0 Å². The van der Waals surface area contributed by atoms with Crippen LogP contribution in [-0.4, -0.2) is 43.5 Å². The zero-order valence-corrected chi connectivity index (χ0v) is 9.09. The van der Waals surface area contributed by atoms with Gasteiger partial charge >= 0.3 is 10.4 Å². The molecular weight excluding hydrogens is 228 g/mol. The van der Waals surface area contributed by atoms with Crippen LogP contribution < -0.4 is 22.1 Å². The number of nitrogens with one attached hydrogen (secondary N) is 4. The molecule has 0 aliphatic heterocycles. The van der Waals surface area contributed by atoms with Gasteiger partial charge in [0.05, 0.1) is 0 Å². The molecule has 11 heteroatoms. The molecule has 0 aromatic rings. The van der Waals surface area contributed by atoms with Crippen LogP contribution in [-0.2, 0) is 10.4 Å². The minimum atomic E-state index is -4.67. The molecule has 0 aliphatic carbocycles. The summed E-state index contributed by atoms with van der Waals surface area (Å²) in [4.78, 5) is 0. The number of nitrogens with two attached hydrogens (primary N) is 2. The molecule has 0 heterocycles. The fraction of sp³-hybridized carbons (Fsp3) is 0.500. The van der Waals surface area contributed by atoms with E-state index in [2.05, 4.69) is 10.6 Å². The van der Waals surface area contributed by atoms with Gasteiger partial charge in [0, 0.05) is 14.1 Å². The molecular formula is C4H16N6O4S. The van der Waals surface area contributed by atoms with Crippen LogP contribution in [0.15, 0.2) is 0 Å². The SMILES string of the molecule is CNC(=N)N.CNC(=N)N.O=S(=O)(O)O. The molecule has 10 N–H and O–H groups in total. The lowest BCUT2D eigenvalue weighted by atomic mass is 11.0. The molecule has 10 nitrogen and oxygen atoms in total. The molecule has 0 spiro atoms. The summed E-state index contributed by atoms with van der Waals surface area (Å²) in [5.74, 6) is 0.00926. The highest BCUT2D eigenvalue weighted by molar-refractivity contribution is 7.79. The van der Waals surface area contributed by atoms with Crippen molar-refractivity contribution in [1.82, 2.24) is 10.6 Å². The third-order valence-corrected chi connectivity index (χ3v) is 0.539. The summed E-state index contributed by atoms with van der Waals surface area (Å²) in [7, 11) is -1.47. The van der Waals surface area contributed by atoms with Crippen molar-refractivity contribution >= 4 is 22.3 Å². The number of rotatable bonds is 0. The lowest BCUT2D eigenvalue weighted by molar-refractivity contribution is 0.381. The lowest BCUT2D eigenvalue weighted by Gasteiger charge is -1.85. The topological polar surface area (TPSA) is 198 Å². The summed E-state index contributed by atoms with van der Waals surface area (Å²) in [6.45, 7) is 0. The third-order valence-electron chi connectivity index (χ3n) is 0.539. The van der Waals surface area contributed by atoms with Gasteiger partial charge in [0.15, 0.2) is 11.9 Å². The van der Waals surface area contributed by atoms with Crippen molar-refractivity contribution in [2.75, 3.05) is 14.1 Å². The molecule has 0 saturated carbocycles. The van der Waals surface area contributed by atoms with Gasteiger partial charge < -0.3 is 22.1 Å². The fourth-order valence-electron chi connectivity index (χ4n) is 0. The van der Waals surface area contributed by atoms with Crippen LogP contribution in [0.3, 0.4) is 0 Å². The van der Waals surface area contributed by atoms with Gasteiger partial charge in [0.2, 0.25) is 0 Å². The summed E-state index contributed by atoms with van der Waals surface area (Å²) in [5, 5.41) is 17.6. The second-order valence-corrected chi connectivity index (χ2v) is 2.67. The molecule has 92 valence electrons. The van der Waals surface area contributed by atoms with Crippen LogP contribution in [0, 0.1) is 10.8 Å². The van der Waals surface area contributed by atoms with Crippen molar-refractivity contribution in [2.45, 2.75) is 0 Å². The summed E-state index contributed by atoms with van der Waals surface area (Å²) in [5.41, 5.74) is 9.53. The van der Waals surface area contributed by atoms with Crippen LogP contribution in [0.4, 0.5) is 0 Å². The Hall–Kier alpha value is -1.59. The smallest absolute Gasteiger partial charge is 0.370 e. The van der Waals surface area contributed by atoms with E-state index in [9.17, 15) is 0 Å². The second kappa shape index (κ2) is 10.5. The maximum Gasteiger partial charge on any atom is 0.394 e. The molecule has 0 saturated heterocycles. The Kier molecular flexibility index (Phi) is 13.3. The molecule has 0 aromatic heterocycles. The molecule has 15 heavy (non-hydrogen) atoms. The molecule has 0 bridgehead atoms. The lowest BCUT2D eigenvalue weighted by Crippen LogP contribution is -2.25. The first-order valence-corrected chi connectivity index (χ1v) is 4.67. The van der Waals surface area contributed by atoms with E-state index in [1.807, 2.05) is 0 Å². The zero-order chi connectivity index (χ0) is 13.1. The number of hydrogen-bond donors (Lipinski definition) is 8. The quantitative estimate of drug-likeness (QED) is 0.130. The van der Waals surface area contributed by atoms with Crippen LogP contribution in [0.2, 0.25) is 0 Å². The van der Waals surface area contributed by atoms with E-state index < -0.39 is 10.4 Å². The van der Waals surface area contributed by atoms with Crippen LogP contribution in [0.5, 0.6) is 0 Å². The van der Waals surface area contributed by atoms with E-state index in [1.165, 1.54) is 0 Å². The Balaban J connectivity index is -0.000000144. The average Bonchev–Trinajstić information content (AvgIpc) is 2.02. The predicted octanol–water partition coefficient (Wildman–Crippen LogP) is -2.45. The van der Waals surface area contributed by atoms with Gasteiger partial charge in [-0.2, -0.15) is 8.42 Å². The third kappa shape index (κ3) is 232. The number of hydrogen-bond acceptors (Lipinski definition) is 4. The van der Waals surface area contributed by atoms with Crippen molar-refractivity contribution in [3.05, 3.63) is 0 Å². The first-order chi connectivity index (χ1) is 6.54. The normalized spacial score (nSPS) is 8.27. The van der Waals surface area contributed by atoms with Crippen LogP contribution >= 0.6 is 0 Å². The van der Waals surface area contributed by atoms with E-state index >= 15 is 0 Å². The highest BCUT2D eigenvalue weighted by Crippen LogP contribution is 1.59.